The lowest BCUT2D eigenvalue weighted by atomic mass is 10.1. The van der Waals surface area contributed by atoms with Crippen molar-refractivity contribution in [3.05, 3.63) is 28.3 Å². The smallest absolute Gasteiger partial charge is 0.269 e. The van der Waals surface area contributed by atoms with E-state index in [-0.39, 0.29) is 5.91 Å². The average Bonchev–Trinajstić information content (AvgIpc) is 2.21. The Hall–Kier alpha value is -1.26. The molecule has 0 spiro atoms. The molecule has 5 heteroatoms. The maximum atomic E-state index is 11.6. The summed E-state index contributed by atoms with van der Waals surface area (Å²) in [5, 5.41) is 0.539. The highest BCUT2D eigenvalue weighted by Crippen LogP contribution is 2.26. The van der Waals surface area contributed by atoms with Crippen LogP contribution in [-0.4, -0.2) is 20.1 Å². The first-order chi connectivity index (χ1) is 7.10. The maximum absolute atomic E-state index is 11.6. The molecule has 0 atom stereocenters. The minimum atomic E-state index is -0.281. The van der Waals surface area contributed by atoms with Crippen LogP contribution in [0.25, 0.3) is 0 Å². The molecule has 0 aliphatic rings. The van der Waals surface area contributed by atoms with Gasteiger partial charge in [0.1, 0.15) is 5.75 Å². The van der Waals surface area contributed by atoms with Crippen LogP contribution in [0.3, 0.4) is 0 Å². The van der Waals surface area contributed by atoms with E-state index in [4.69, 9.17) is 16.3 Å². The number of benzene rings is 1. The van der Waals surface area contributed by atoms with Crippen LogP contribution in [0.5, 0.6) is 5.75 Å². The highest BCUT2D eigenvalue weighted by Gasteiger charge is 2.13. The molecule has 0 aliphatic carbocycles. The number of hydrazine groups is 1. The van der Waals surface area contributed by atoms with Gasteiger partial charge in [0, 0.05) is 12.1 Å². The molecule has 1 aromatic carbocycles. The van der Waals surface area contributed by atoms with Gasteiger partial charge in [0.05, 0.1) is 12.7 Å². The van der Waals surface area contributed by atoms with Gasteiger partial charge < -0.3 is 4.74 Å². The molecule has 0 heterocycles. The Kier molecular flexibility index (Phi) is 3.94. The van der Waals surface area contributed by atoms with Crippen molar-refractivity contribution in [1.29, 1.82) is 0 Å². The molecule has 0 aromatic heterocycles. The largest absolute Gasteiger partial charge is 0.496 e. The van der Waals surface area contributed by atoms with Crippen LogP contribution in [-0.2, 0) is 0 Å². The summed E-state index contributed by atoms with van der Waals surface area (Å²) in [5.41, 5.74) is 6.28. The maximum Gasteiger partial charge on any atom is 0.269 e. The Labute approximate surface area is 93.5 Å². The zero-order chi connectivity index (χ0) is 11.4. The monoisotopic (exact) mass is 228 g/mol. The van der Waals surface area contributed by atoms with Crippen LogP contribution < -0.4 is 15.6 Å². The second-order valence-corrected chi connectivity index (χ2v) is 3.41. The highest BCUT2D eigenvalue weighted by molar-refractivity contribution is 6.31. The second-order valence-electron chi connectivity index (χ2n) is 3.01. The number of methoxy groups -OCH3 is 1. The lowest BCUT2D eigenvalue weighted by Crippen LogP contribution is -2.34. The number of amides is 1. The van der Waals surface area contributed by atoms with Crippen molar-refractivity contribution in [2.45, 2.75) is 6.92 Å². The van der Waals surface area contributed by atoms with E-state index in [2.05, 4.69) is 10.9 Å². The second kappa shape index (κ2) is 5.00. The Morgan fingerprint density at radius 3 is 2.67 bits per heavy atom. The summed E-state index contributed by atoms with van der Waals surface area (Å²) < 4.78 is 5.10. The molecule has 1 amide bonds. The fourth-order valence-corrected chi connectivity index (χ4v) is 1.35. The fraction of sp³-hybridized carbons (Fsp3) is 0.300. The van der Waals surface area contributed by atoms with Crippen LogP contribution in [0.2, 0.25) is 5.02 Å². The van der Waals surface area contributed by atoms with Gasteiger partial charge in [-0.15, -0.1) is 0 Å². The molecule has 0 fully saturated rings. The predicted octanol–water partition coefficient (Wildman–Crippen LogP) is 1.52. The molecular weight excluding hydrogens is 216 g/mol. The Morgan fingerprint density at radius 2 is 2.13 bits per heavy atom. The number of carbonyl (C=O) groups is 1. The van der Waals surface area contributed by atoms with Crippen LogP contribution in [0.4, 0.5) is 0 Å². The number of aryl methyl sites for hydroxylation is 1. The minimum Gasteiger partial charge on any atom is -0.496 e. The fourth-order valence-electron chi connectivity index (χ4n) is 1.18. The topological polar surface area (TPSA) is 50.4 Å². The van der Waals surface area contributed by atoms with E-state index >= 15 is 0 Å². The molecule has 0 saturated heterocycles. The van der Waals surface area contributed by atoms with E-state index in [0.717, 1.165) is 5.56 Å². The summed E-state index contributed by atoms with van der Waals surface area (Å²) in [6, 6.07) is 3.31. The molecule has 0 aliphatic heterocycles. The summed E-state index contributed by atoms with van der Waals surface area (Å²) in [6.07, 6.45) is 0. The number of carbonyl (C=O) groups excluding carboxylic acids is 1. The van der Waals surface area contributed by atoms with Gasteiger partial charge in [0.15, 0.2) is 0 Å². The molecular formula is C10H13ClN2O2. The Balaban J connectivity index is 3.15. The molecule has 2 N–H and O–H groups in total. The zero-order valence-electron chi connectivity index (χ0n) is 8.85. The van der Waals surface area contributed by atoms with E-state index < -0.39 is 0 Å². The molecule has 0 radical (unpaired) electrons. The van der Waals surface area contributed by atoms with Crippen molar-refractivity contribution < 1.29 is 9.53 Å². The molecule has 0 unspecified atom stereocenters. The summed E-state index contributed by atoms with van der Waals surface area (Å²) >= 11 is 5.93. The molecule has 1 rings (SSSR count). The van der Waals surface area contributed by atoms with Crippen molar-refractivity contribution >= 4 is 17.5 Å². The Bertz CT molecular complexity index is 380. The molecule has 1 aromatic rings. The first-order valence-corrected chi connectivity index (χ1v) is 4.79. The first-order valence-electron chi connectivity index (χ1n) is 4.41. The van der Waals surface area contributed by atoms with Gasteiger partial charge in [-0.05, 0) is 24.6 Å². The van der Waals surface area contributed by atoms with Crippen molar-refractivity contribution in [1.82, 2.24) is 10.9 Å². The molecule has 4 nitrogen and oxygen atoms in total. The van der Waals surface area contributed by atoms with Crippen LogP contribution in [0, 0.1) is 6.92 Å². The lowest BCUT2D eigenvalue weighted by molar-refractivity contribution is 0.0935. The van der Waals surface area contributed by atoms with Gasteiger partial charge in [-0.3, -0.25) is 10.2 Å². The number of rotatable bonds is 3. The molecule has 82 valence electrons. The van der Waals surface area contributed by atoms with Crippen LogP contribution in [0.1, 0.15) is 15.9 Å². The third-order valence-corrected chi connectivity index (χ3v) is 2.37. The number of hydrogen-bond donors (Lipinski definition) is 2. The van der Waals surface area contributed by atoms with Gasteiger partial charge in [-0.1, -0.05) is 11.6 Å². The van der Waals surface area contributed by atoms with Gasteiger partial charge in [0.2, 0.25) is 0 Å². The number of halogens is 1. The van der Waals surface area contributed by atoms with Crippen molar-refractivity contribution in [2.24, 2.45) is 0 Å². The average molecular weight is 229 g/mol. The molecule has 0 saturated carbocycles. The van der Waals surface area contributed by atoms with Gasteiger partial charge in [-0.2, -0.15) is 0 Å². The third-order valence-electron chi connectivity index (χ3n) is 1.96. The van der Waals surface area contributed by atoms with E-state index in [1.807, 2.05) is 6.92 Å². The van der Waals surface area contributed by atoms with E-state index in [9.17, 15) is 4.79 Å². The number of hydrogen-bond acceptors (Lipinski definition) is 3. The third kappa shape index (κ3) is 2.61. The van der Waals surface area contributed by atoms with Gasteiger partial charge >= 0.3 is 0 Å². The van der Waals surface area contributed by atoms with Crippen LogP contribution >= 0.6 is 11.6 Å². The predicted molar refractivity (Wildman–Crippen MR) is 59.3 cm³/mol. The quantitative estimate of drug-likeness (QED) is 0.772. The van der Waals surface area contributed by atoms with Crippen molar-refractivity contribution in [3.8, 4) is 5.75 Å². The summed E-state index contributed by atoms with van der Waals surface area (Å²) in [5.74, 6) is 0.223. The van der Waals surface area contributed by atoms with E-state index in [0.29, 0.717) is 16.3 Å². The van der Waals surface area contributed by atoms with Gasteiger partial charge in [0.25, 0.3) is 5.91 Å². The molecule has 0 bridgehead atoms. The zero-order valence-corrected chi connectivity index (χ0v) is 9.61. The Morgan fingerprint density at radius 1 is 1.47 bits per heavy atom. The summed E-state index contributed by atoms with van der Waals surface area (Å²) in [4.78, 5) is 11.6. The summed E-state index contributed by atoms with van der Waals surface area (Å²) in [6.45, 7) is 1.85. The van der Waals surface area contributed by atoms with Crippen LogP contribution in [0.15, 0.2) is 12.1 Å². The number of nitrogens with one attached hydrogen (secondary N) is 2. The normalized spacial score (nSPS) is 9.87. The minimum absolute atomic E-state index is 0.281. The highest BCUT2D eigenvalue weighted by atomic mass is 35.5. The van der Waals surface area contributed by atoms with Gasteiger partial charge in [-0.25, -0.2) is 5.43 Å². The lowest BCUT2D eigenvalue weighted by Gasteiger charge is -2.10. The summed E-state index contributed by atoms with van der Waals surface area (Å²) in [7, 11) is 3.12. The van der Waals surface area contributed by atoms with E-state index in [1.54, 1.807) is 19.2 Å². The SMILES string of the molecule is CNNC(=O)c1cc(Cl)c(C)cc1OC. The molecule has 15 heavy (non-hydrogen) atoms. The first kappa shape index (κ1) is 11.8. The van der Waals surface area contributed by atoms with Crippen molar-refractivity contribution in [2.75, 3.05) is 14.2 Å². The van der Waals surface area contributed by atoms with Crippen molar-refractivity contribution in [3.63, 3.8) is 0 Å². The standard InChI is InChI=1S/C10H13ClN2O2/c1-6-4-9(15-3)7(5-8(6)11)10(14)13-12-2/h4-5,12H,1-3H3,(H,13,14). The van der Waals surface area contributed by atoms with E-state index in [1.165, 1.54) is 7.11 Å². The number of ether oxygens (including phenoxy) is 1.